The molecule has 7 nitrogen and oxygen atoms in total. The van der Waals surface area contributed by atoms with Crippen molar-refractivity contribution in [1.82, 2.24) is 14.8 Å². The van der Waals surface area contributed by atoms with Gasteiger partial charge in [0.05, 0.1) is 5.69 Å². The first-order valence-electron chi connectivity index (χ1n) is 8.26. The lowest BCUT2D eigenvalue weighted by molar-refractivity contribution is -0.136. The Morgan fingerprint density at radius 3 is 2.54 bits per heavy atom. The van der Waals surface area contributed by atoms with Gasteiger partial charge in [-0.25, -0.2) is 4.98 Å². The van der Waals surface area contributed by atoms with Crippen LogP contribution in [0.5, 0.6) is 5.75 Å². The van der Waals surface area contributed by atoms with Gasteiger partial charge < -0.3 is 19.9 Å². The van der Waals surface area contributed by atoms with E-state index in [9.17, 15) is 9.59 Å². The number of amides is 2. The molecule has 1 N–H and O–H groups in total. The van der Waals surface area contributed by atoms with Crippen molar-refractivity contribution in [2.45, 2.75) is 6.92 Å². The first-order valence-corrected chi connectivity index (χ1v) is 9.14. The summed E-state index contributed by atoms with van der Waals surface area (Å²) in [5, 5.41) is 5.12. The summed E-state index contributed by atoms with van der Waals surface area (Å²) in [6, 6.07) is 9.13. The number of thiazole rings is 1. The number of hydrogen-bond donors (Lipinski definition) is 1. The van der Waals surface area contributed by atoms with E-state index in [2.05, 4.69) is 10.3 Å². The summed E-state index contributed by atoms with van der Waals surface area (Å²) >= 11 is 1.36. The molecule has 0 fully saturated rings. The maximum atomic E-state index is 12.5. The zero-order valence-electron chi connectivity index (χ0n) is 15.3. The Labute approximate surface area is 157 Å². The van der Waals surface area contributed by atoms with Crippen LogP contribution >= 0.6 is 11.3 Å². The van der Waals surface area contributed by atoms with Crippen molar-refractivity contribution < 1.29 is 14.3 Å². The number of para-hydroxylation sites is 1. The van der Waals surface area contributed by atoms with Crippen molar-refractivity contribution in [1.29, 1.82) is 0 Å². The Bertz CT molecular complexity index is 718. The Balaban J connectivity index is 1.92. The lowest BCUT2D eigenvalue weighted by atomic mass is 10.3. The van der Waals surface area contributed by atoms with Crippen LogP contribution < -0.4 is 10.1 Å². The third-order valence-electron chi connectivity index (χ3n) is 3.48. The number of hydrogen-bond acceptors (Lipinski definition) is 6. The number of aryl methyl sites for hydroxylation is 1. The van der Waals surface area contributed by atoms with Crippen molar-refractivity contribution in [3.05, 3.63) is 41.4 Å². The van der Waals surface area contributed by atoms with Gasteiger partial charge in [-0.2, -0.15) is 0 Å². The lowest BCUT2D eigenvalue weighted by Crippen LogP contribution is -2.43. The second kappa shape index (κ2) is 9.88. The van der Waals surface area contributed by atoms with Crippen LogP contribution in [0.1, 0.15) is 5.69 Å². The highest BCUT2D eigenvalue weighted by Crippen LogP contribution is 2.14. The highest BCUT2D eigenvalue weighted by Gasteiger charge is 2.18. The first-order chi connectivity index (χ1) is 12.4. The van der Waals surface area contributed by atoms with E-state index in [0.717, 1.165) is 5.69 Å². The normalized spacial score (nSPS) is 10.6. The minimum absolute atomic E-state index is 0.0382. The first kappa shape index (κ1) is 19.9. The van der Waals surface area contributed by atoms with E-state index in [1.54, 1.807) is 12.1 Å². The Morgan fingerprint density at radius 1 is 1.19 bits per heavy atom. The van der Waals surface area contributed by atoms with Crippen molar-refractivity contribution in [2.75, 3.05) is 45.7 Å². The zero-order valence-corrected chi connectivity index (χ0v) is 16.1. The number of ether oxygens (including phenoxy) is 1. The minimum Gasteiger partial charge on any atom is -0.484 e. The van der Waals surface area contributed by atoms with Crippen LogP contribution in [0.3, 0.4) is 0 Å². The van der Waals surface area contributed by atoms with E-state index in [-0.39, 0.29) is 25.0 Å². The third-order valence-corrected chi connectivity index (χ3v) is 4.35. The van der Waals surface area contributed by atoms with Crippen LogP contribution in [0.25, 0.3) is 0 Å². The van der Waals surface area contributed by atoms with Crippen LogP contribution in [-0.4, -0.2) is 66.9 Å². The largest absolute Gasteiger partial charge is 0.484 e. The molecule has 0 unspecified atom stereocenters. The average Bonchev–Trinajstić information content (AvgIpc) is 3.01. The maximum Gasteiger partial charge on any atom is 0.261 e. The summed E-state index contributed by atoms with van der Waals surface area (Å²) in [5.41, 5.74) is 0.849. The van der Waals surface area contributed by atoms with Gasteiger partial charge in [-0.3, -0.25) is 9.59 Å². The maximum absolute atomic E-state index is 12.5. The molecule has 8 heteroatoms. The van der Waals surface area contributed by atoms with Crippen molar-refractivity contribution >= 4 is 28.3 Å². The SMILES string of the molecule is Cc1csc(NC(=O)CN(CCN(C)C)C(=O)COc2ccccc2)n1. The molecule has 0 saturated heterocycles. The number of nitrogens with zero attached hydrogens (tertiary/aromatic N) is 3. The minimum atomic E-state index is -0.272. The van der Waals surface area contributed by atoms with E-state index in [0.29, 0.717) is 24.0 Å². The lowest BCUT2D eigenvalue weighted by Gasteiger charge is -2.23. The molecule has 0 aliphatic heterocycles. The molecule has 1 heterocycles. The second-order valence-corrected chi connectivity index (χ2v) is 6.92. The Morgan fingerprint density at radius 2 is 1.92 bits per heavy atom. The summed E-state index contributed by atoms with van der Waals surface area (Å²) in [4.78, 5) is 32.4. The van der Waals surface area contributed by atoms with Crippen molar-refractivity contribution in [3.8, 4) is 5.75 Å². The highest BCUT2D eigenvalue weighted by atomic mass is 32.1. The summed E-state index contributed by atoms with van der Waals surface area (Å²) in [7, 11) is 3.84. The van der Waals surface area contributed by atoms with E-state index in [1.165, 1.54) is 16.2 Å². The van der Waals surface area contributed by atoms with Gasteiger partial charge in [0.2, 0.25) is 5.91 Å². The molecule has 1 aromatic carbocycles. The van der Waals surface area contributed by atoms with Gasteiger partial charge in [-0.1, -0.05) is 18.2 Å². The van der Waals surface area contributed by atoms with Gasteiger partial charge in [-0.15, -0.1) is 11.3 Å². The predicted octanol–water partition coefficient (Wildman–Crippen LogP) is 1.86. The molecule has 2 amide bonds. The summed E-state index contributed by atoms with van der Waals surface area (Å²) in [6.45, 7) is 2.81. The van der Waals surface area contributed by atoms with E-state index < -0.39 is 0 Å². The summed E-state index contributed by atoms with van der Waals surface area (Å²) in [5.74, 6) is 0.114. The third kappa shape index (κ3) is 6.81. The quantitative estimate of drug-likeness (QED) is 0.723. The van der Waals surface area contributed by atoms with Crippen LogP contribution in [0.2, 0.25) is 0 Å². The number of carbonyl (C=O) groups is 2. The fourth-order valence-electron chi connectivity index (χ4n) is 2.11. The molecular formula is C18H24N4O3S. The molecule has 0 aliphatic carbocycles. The number of anilines is 1. The standard InChI is InChI=1S/C18H24N4O3S/c1-14-13-26-18(19-14)20-16(23)11-22(10-9-21(2)3)17(24)12-25-15-7-5-4-6-8-15/h4-8,13H,9-12H2,1-3H3,(H,19,20,23). The Hall–Kier alpha value is -2.45. The molecule has 2 rings (SSSR count). The fraction of sp³-hybridized carbons (Fsp3) is 0.389. The highest BCUT2D eigenvalue weighted by molar-refractivity contribution is 7.13. The van der Waals surface area contributed by atoms with Crippen LogP contribution in [0.4, 0.5) is 5.13 Å². The van der Waals surface area contributed by atoms with Crippen LogP contribution in [-0.2, 0) is 9.59 Å². The zero-order chi connectivity index (χ0) is 18.9. The Kier molecular flexibility index (Phi) is 7.55. The molecule has 1 aromatic heterocycles. The molecule has 26 heavy (non-hydrogen) atoms. The van der Waals surface area contributed by atoms with Crippen molar-refractivity contribution in [2.24, 2.45) is 0 Å². The van der Waals surface area contributed by atoms with E-state index in [4.69, 9.17) is 4.74 Å². The number of likely N-dealkylation sites (N-methyl/N-ethyl adjacent to an activating group) is 1. The number of nitrogens with one attached hydrogen (secondary N) is 1. The predicted molar refractivity (Wildman–Crippen MR) is 103 cm³/mol. The number of carbonyl (C=O) groups excluding carboxylic acids is 2. The van der Waals surface area contributed by atoms with Gasteiger partial charge in [-0.05, 0) is 33.2 Å². The molecule has 0 aliphatic rings. The molecule has 0 atom stereocenters. The molecule has 140 valence electrons. The van der Waals surface area contributed by atoms with Gasteiger partial charge in [0.1, 0.15) is 12.3 Å². The molecule has 0 saturated carbocycles. The monoisotopic (exact) mass is 376 g/mol. The molecule has 0 spiro atoms. The van der Waals surface area contributed by atoms with E-state index >= 15 is 0 Å². The summed E-state index contributed by atoms with van der Waals surface area (Å²) < 4.78 is 5.51. The molecule has 2 aromatic rings. The molecule has 0 radical (unpaired) electrons. The smallest absolute Gasteiger partial charge is 0.261 e. The van der Waals surface area contributed by atoms with Gasteiger partial charge in [0, 0.05) is 18.5 Å². The fourth-order valence-corrected chi connectivity index (χ4v) is 2.81. The second-order valence-electron chi connectivity index (χ2n) is 6.06. The number of aromatic nitrogens is 1. The molecule has 0 bridgehead atoms. The molecular weight excluding hydrogens is 352 g/mol. The van der Waals surface area contributed by atoms with Gasteiger partial charge >= 0.3 is 0 Å². The van der Waals surface area contributed by atoms with Gasteiger partial charge in [0.25, 0.3) is 5.91 Å². The van der Waals surface area contributed by atoms with Gasteiger partial charge in [0.15, 0.2) is 11.7 Å². The number of rotatable bonds is 9. The van der Waals surface area contributed by atoms with Crippen molar-refractivity contribution in [3.63, 3.8) is 0 Å². The van der Waals surface area contributed by atoms with E-state index in [1.807, 2.05) is 49.5 Å². The van der Waals surface area contributed by atoms with Crippen LogP contribution in [0.15, 0.2) is 35.7 Å². The van der Waals surface area contributed by atoms with Crippen LogP contribution in [0, 0.1) is 6.92 Å². The average molecular weight is 376 g/mol. The summed E-state index contributed by atoms with van der Waals surface area (Å²) in [6.07, 6.45) is 0. The number of benzene rings is 1. The topological polar surface area (TPSA) is 74.8 Å².